The van der Waals surface area contributed by atoms with Crippen LogP contribution < -0.4 is 11.1 Å². The minimum atomic E-state index is -2.90. The summed E-state index contributed by atoms with van der Waals surface area (Å²) in [5.74, 6) is -8.50. The second-order valence-corrected chi connectivity index (χ2v) is 9.18. The van der Waals surface area contributed by atoms with Crippen LogP contribution in [0.2, 0.25) is 0 Å². The topological polar surface area (TPSA) is 196 Å². The van der Waals surface area contributed by atoms with Gasteiger partial charge in [0.05, 0.1) is 23.2 Å². The number of phenolic OH excluding ortho intramolecular Hbond substituents is 2. The molecule has 11 heteroatoms. The molecule has 11 nitrogen and oxygen atoms in total. The van der Waals surface area contributed by atoms with Gasteiger partial charge in [-0.2, -0.15) is 0 Å². The molecule has 0 heterocycles. The molecule has 2 atom stereocenters. The number of ketones is 2. The number of hydrogen-bond acceptors (Lipinski definition) is 9. The molecule has 198 valence electrons. The maximum Gasteiger partial charge on any atom is 0.250 e. The summed E-state index contributed by atoms with van der Waals surface area (Å²) in [5.41, 5.74) is 2.35. The van der Waals surface area contributed by atoms with Gasteiger partial charge in [0.25, 0.3) is 0 Å². The van der Waals surface area contributed by atoms with E-state index in [1.807, 2.05) is 30.3 Å². The van der Waals surface area contributed by atoms with Crippen LogP contribution in [0.25, 0.3) is 16.8 Å². The Morgan fingerprint density at radius 1 is 1.00 bits per heavy atom. The lowest BCUT2D eigenvalue weighted by Crippen LogP contribution is -2.56. The fourth-order valence-electron chi connectivity index (χ4n) is 4.80. The van der Waals surface area contributed by atoms with E-state index in [4.69, 9.17) is 10.5 Å². The number of nitrogens with one attached hydrogen (secondary N) is 1. The highest BCUT2D eigenvalue weighted by molar-refractivity contribution is 6.30. The molecule has 2 aliphatic rings. The second kappa shape index (κ2) is 9.39. The molecule has 2 unspecified atom stereocenters. The molecule has 3 aromatic rings. The highest BCUT2D eigenvalue weighted by atomic mass is 16.5. The maximum atomic E-state index is 13.4. The van der Waals surface area contributed by atoms with Crippen LogP contribution in [0.1, 0.15) is 21.5 Å². The minimum Gasteiger partial charge on any atom is -0.511 e. The highest BCUT2D eigenvalue weighted by Gasteiger charge is 2.57. The summed E-state index contributed by atoms with van der Waals surface area (Å²) in [5, 5.41) is 45.7. The molecule has 0 fully saturated rings. The van der Waals surface area contributed by atoms with Crippen molar-refractivity contribution in [2.45, 2.75) is 12.2 Å². The van der Waals surface area contributed by atoms with Crippen LogP contribution in [-0.2, 0) is 25.7 Å². The van der Waals surface area contributed by atoms with Crippen molar-refractivity contribution in [3.8, 4) is 11.5 Å². The number of carbonyl (C=O) groups excluding carboxylic acids is 4. The van der Waals surface area contributed by atoms with Gasteiger partial charge in [-0.05, 0) is 40.8 Å². The van der Waals surface area contributed by atoms with Crippen molar-refractivity contribution in [1.29, 1.82) is 0 Å². The molecule has 0 spiro atoms. The lowest BCUT2D eigenvalue weighted by molar-refractivity contribution is -0.140. The number of aliphatic hydroxyl groups excluding tert-OH is 1. The Labute approximate surface area is 220 Å². The Balaban J connectivity index is 1.49. The number of anilines is 1. The Kier molecular flexibility index (Phi) is 6.17. The van der Waals surface area contributed by atoms with Crippen molar-refractivity contribution in [2.75, 3.05) is 11.9 Å². The predicted octanol–water partition coefficient (Wildman–Crippen LogP) is 1.84. The Morgan fingerprint density at radius 2 is 1.72 bits per heavy atom. The molecule has 2 aliphatic carbocycles. The van der Waals surface area contributed by atoms with Gasteiger partial charge >= 0.3 is 0 Å². The first-order chi connectivity index (χ1) is 18.5. The SMILES string of the molecule is NC(=O)C1C(=O)C2(O)C(=O)c3c(cc4ccc(NC(=O)COCc5ccccc5)c(O)c4c3O)C=C2C=C1O. The number of carbonyl (C=O) groups is 4. The summed E-state index contributed by atoms with van der Waals surface area (Å²) in [7, 11) is 0. The number of fused-ring (bicyclic) bond motifs is 3. The van der Waals surface area contributed by atoms with Gasteiger partial charge in [-0.1, -0.05) is 36.4 Å². The van der Waals surface area contributed by atoms with Gasteiger partial charge in [0.1, 0.15) is 18.1 Å². The lowest BCUT2D eigenvalue weighted by Gasteiger charge is -2.36. The summed E-state index contributed by atoms with van der Waals surface area (Å²) in [6.45, 7) is -0.140. The number of aromatic hydroxyl groups is 2. The number of hydrogen-bond donors (Lipinski definition) is 6. The third kappa shape index (κ3) is 4.10. The Hall–Kier alpha value is -5.00. The number of phenols is 2. The average molecular weight is 530 g/mol. The molecule has 0 saturated heterocycles. The number of Topliss-reactive ketones (excluding diaryl/α,β-unsaturated/α-hetero) is 2. The van der Waals surface area contributed by atoms with E-state index in [0.717, 1.165) is 11.6 Å². The summed E-state index contributed by atoms with van der Waals surface area (Å²) >= 11 is 0. The molecule has 7 N–H and O–H groups in total. The average Bonchev–Trinajstić information content (AvgIpc) is 2.88. The van der Waals surface area contributed by atoms with Crippen LogP contribution in [-0.4, -0.2) is 56.0 Å². The number of amides is 2. The summed E-state index contributed by atoms with van der Waals surface area (Å²) < 4.78 is 5.39. The van der Waals surface area contributed by atoms with Gasteiger partial charge in [-0.25, -0.2) is 0 Å². The fraction of sp³-hybridized carbons (Fsp3) is 0.143. The number of aliphatic hydroxyl groups is 2. The van der Waals surface area contributed by atoms with Crippen molar-refractivity contribution in [2.24, 2.45) is 11.7 Å². The second-order valence-electron chi connectivity index (χ2n) is 9.18. The van der Waals surface area contributed by atoms with Gasteiger partial charge in [-0.3, -0.25) is 19.2 Å². The first kappa shape index (κ1) is 25.6. The number of ether oxygens (including phenoxy) is 1. The molecule has 0 radical (unpaired) electrons. The molecule has 39 heavy (non-hydrogen) atoms. The van der Waals surface area contributed by atoms with Gasteiger partial charge in [0.2, 0.25) is 23.2 Å². The Morgan fingerprint density at radius 3 is 2.41 bits per heavy atom. The van der Waals surface area contributed by atoms with Crippen molar-refractivity contribution < 1.29 is 44.3 Å². The molecule has 0 saturated carbocycles. The van der Waals surface area contributed by atoms with Crippen LogP contribution in [0.3, 0.4) is 0 Å². The highest BCUT2D eigenvalue weighted by Crippen LogP contribution is 2.47. The number of rotatable bonds is 6. The first-order valence-corrected chi connectivity index (χ1v) is 11.7. The van der Waals surface area contributed by atoms with E-state index in [1.165, 1.54) is 24.3 Å². The standard InChI is InChI=1S/C28H22N2O9/c29-27(37)22-18(31)10-16-9-15-8-14-6-7-17(30-19(32)12-39-11-13-4-2-1-3-5-13)23(33)20(14)24(34)21(15)25(35)28(16,38)26(22)36/h1-10,22,31,33-34,38H,11-12H2,(H2,29,37)(H,30,32). The van der Waals surface area contributed by atoms with Crippen LogP contribution in [0, 0.1) is 5.92 Å². The summed E-state index contributed by atoms with van der Waals surface area (Å²) in [6.07, 6.45) is 2.12. The van der Waals surface area contributed by atoms with E-state index in [2.05, 4.69) is 5.32 Å². The van der Waals surface area contributed by atoms with E-state index in [-0.39, 0.29) is 40.8 Å². The van der Waals surface area contributed by atoms with Gasteiger partial charge < -0.3 is 36.2 Å². The van der Waals surface area contributed by atoms with Gasteiger partial charge in [0.15, 0.2) is 17.5 Å². The smallest absolute Gasteiger partial charge is 0.250 e. The molecular formula is C28H22N2O9. The molecule has 0 bridgehead atoms. The molecule has 0 aliphatic heterocycles. The van der Waals surface area contributed by atoms with Crippen molar-refractivity contribution in [3.05, 3.63) is 82.6 Å². The van der Waals surface area contributed by atoms with Crippen molar-refractivity contribution >= 4 is 45.9 Å². The minimum absolute atomic E-state index is 0.0837. The van der Waals surface area contributed by atoms with E-state index in [9.17, 15) is 39.6 Å². The van der Waals surface area contributed by atoms with E-state index >= 15 is 0 Å². The lowest BCUT2D eigenvalue weighted by atomic mass is 9.68. The number of benzene rings is 3. The van der Waals surface area contributed by atoms with Crippen LogP contribution >= 0.6 is 0 Å². The third-order valence-electron chi connectivity index (χ3n) is 6.69. The zero-order chi connectivity index (χ0) is 28.1. The zero-order valence-electron chi connectivity index (χ0n) is 20.2. The molecule has 0 aromatic heterocycles. The van der Waals surface area contributed by atoms with E-state index in [0.29, 0.717) is 0 Å². The van der Waals surface area contributed by atoms with Crippen molar-refractivity contribution in [1.82, 2.24) is 0 Å². The number of primary amides is 1. The summed E-state index contributed by atoms with van der Waals surface area (Å²) in [6, 6.07) is 13.5. The van der Waals surface area contributed by atoms with E-state index in [1.54, 1.807) is 0 Å². The molecule has 3 aromatic carbocycles. The van der Waals surface area contributed by atoms with E-state index < -0.39 is 57.7 Å². The summed E-state index contributed by atoms with van der Waals surface area (Å²) in [4.78, 5) is 50.5. The zero-order valence-corrected chi connectivity index (χ0v) is 20.2. The normalized spacial score (nSPS) is 20.1. The van der Waals surface area contributed by atoms with Crippen LogP contribution in [0.4, 0.5) is 5.69 Å². The predicted molar refractivity (Wildman–Crippen MR) is 138 cm³/mol. The molecule has 5 rings (SSSR count). The maximum absolute atomic E-state index is 13.4. The van der Waals surface area contributed by atoms with Crippen LogP contribution in [0.5, 0.6) is 11.5 Å². The van der Waals surface area contributed by atoms with Gasteiger partial charge in [0, 0.05) is 5.57 Å². The molecular weight excluding hydrogens is 508 g/mol. The van der Waals surface area contributed by atoms with Gasteiger partial charge in [-0.15, -0.1) is 0 Å². The largest absolute Gasteiger partial charge is 0.511 e. The Bertz CT molecular complexity index is 1640. The molecule has 2 amide bonds. The fourth-order valence-corrected chi connectivity index (χ4v) is 4.80. The van der Waals surface area contributed by atoms with Crippen LogP contribution in [0.15, 0.2) is 65.9 Å². The monoisotopic (exact) mass is 530 g/mol. The number of nitrogens with two attached hydrogens (primary N) is 1. The first-order valence-electron chi connectivity index (χ1n) is 11.7. The quantitative estimate of drug-likeness (QED) is 0.203. The third-order valence-corrected chi connectivity index (χ3v) is 6.69. The van der Waals surface area contributed by atoms with Crippen molar-refractivity contribution in [3.63, 3.8) is 0 Å².